The Morgan fingerprint density at radius 2 is 1.60 bits per heavy atom. The van der Waals surface area contributed by atoms with Crippen LogP contribution in [0.15, 0.2) is 59.6 Å². The fourth-order valence-electron chi connectivity index (χ4n) is 5.55. The number of thioether (sulfide) groups is 1. The van der Waals surface area contributed by atoms with Crippen molar-refractivity contribution >= 4 is 44.0 Å². The molecule has 1 saturated carbocycles. The molecule has 0 N–H and O–H groups in total. The third-order valence-corrected chi connectivity index (χ3v) is 10.9. The average Bonchev–Trinajstić information content (AvgIpc) is 3.60. The zero-order valence-corrected chi connectivity index (χ0v) is 21.4. The summed E-state index contributed by atoms with van der Waals surface area (Å²) >= 11 is 1.46. The van der Waals surface area contributed by atoms with Crippen LogP contribution in [0.3, 0.4) is 0 Å². The fraction of sp³-hybridized carbons (Fsp3) is 0.481. The molecule has 4 aliphatic rings. The van der Waals surface area contributed by atoms with Gasteiger partial charge >= 0.3 is 0 Å². The lowest BCUT2D eigenvalue weighted by molar-refractivity contribution is -0.118. The molecular formula is C27H31N3O3S2. The first-order valence-corrected chi connectivity index (χ1v) is 15.3. The van der Waals surface area contributed by atoms with Gasteiger partial charge in [-0.3, -0.25) is 4.79 Å². The highest BCUT2D eigenvalue weighted by molar-refractivity contribution is 8.16. The van der Waals surface area contributed by atoms with Gasteiger partial charge in [-0.2, -0.15) is 4.99 Å². The van der Waals surface area contributed by atoms with Crippen molar-refractivity contribution < 1.29 is 13.2 Å². The van der Waals surface area contributed by atoms with E-state index >= 15 is 0 Å². The highest BCUT2D eigenvalue weighted by Gasteiger charge is 2.49. The summed E-state index contributed by atoms with van der Waals surface area (Å²) in [5.41, 5.74) is 3.54. The summed E-state index contributed by atoms with van der Waals surface area (Å²) in [5, 5.41) is 0.607. The molecule has 8 heteroatoms. The van der Waals surface area contributed by atoms with E-state index in [1.807, 2.05) is 4.90 Å². The third kappa shape index (κ3) is 5.00. The second kappa shape index (κ2) is 9.28. The molecule has 2 aromatic carbocycles. The van der Waals surface area contributed by atoms with Crippen LogP contribution in [0, 0.1) is 11.8 Å². The topological polar surface area (TPSA) is 70.0 Å². The van der Waals surface area contributed by atoms with Crippen molar-refractivity contribution in [2.45, 2.75) is 43.4 Å². The number of nitrogens with zero attached hydrogens (tertiary/aromatic N) is 3. The summed E-state index contributed by atoms with van der Waals surface area (Å²) in [6.07, 6.45) is 5.34. The summed E-state index contributed by atoms with van der Waals surface area (Å²) < 4.78 is 24.6. The second-order valence-electron chi connectivity index (χ2n) is 10.3. The Morgan fingerprint density at radius 1 is 0.914 bits per heavy atom. The van der Waals surface area contributed by atoms with Gasteiger partial charge < -0.3 is 9.80 Å². The van der Waals surface area contributed by atoms with E-state index in [-0.39, 0.29) is 34.6 Å². The molecule has 2 aromatic rings. The number of sulfone groups is 1. The minimum atomic E-state index is -3.07. The molecular weight excluding hydrogens is 478 g/mol. The van der Waals surface area contributed by atoms with Gasteiger partial charge in [0.25, 0.3) is 5.91 Å². The number of fused-ring (bicyclic) bond motifs is 1. The number of rotatable bonds is 5. The molecule has 0 spiro atoms. The number of carbonyl (C=O) groups excluding carboxylic acids is 1. The van der Waals surface area contributed by atoms with Crippen molar-refractivity contribution in [2.24, 2.45) is 16.8 Å². The zero-order valence-electron chi connectivity index (χ0n) is 19.8. The molecule has 3 heterocycles. The normalized spacial score (nSPS) is 27.4. The van der Waals surface area contributed by atoms with Gasteiger partial charge in [-0.15, -0.1) is 0 Å². The number of hydrogen-bond donors (Lipinski definition) is 0. The lowest BCUT2D eigenvalue weighted by atomic mass is 9.90. The smallest absolute Gasteiger partial charge is 0.251 e. The molecule has 0 aromatic heterocycles. The average molecular weight is 510 g/mol. The number of benzene rings is 2. The number of anilines is 2. The quantitative estimate of drug-likeness (QED) is 0.603. The van der Waals surface area contributed by atoms with Crippen molar-refractivity contribution in [3.05, 3.63) is 60.2 Å². The maximum atomic E-state index is 12.4. The van der Waals surface area contributed by atoms with Crippen LogP contribution in [-0.2, 0) is 21.1 Å². The van der Waals surface area contributed by atoms with E-state index < -0.39 is 9.84 Å². The van der Waals surface area contributed by atoms with Gasteiger partial charge in [0.05, 0.1) is 17.5 Å². The first-order valence-electron chi connectivity index (χ1n) is 12.6. The number of amidine groups is 1. The van der Waals surface area contributed by atoms with E-state index in [9.17, 15) is 13.2 Å². The van der Waals surface area contributed by atoms with Crippen molar-refractivity contribution in [3.8, 4) is 0 Å². The Bertz CT molecular complexity index is 1220. The van der Waals surface area contributed by atoms with Gasteiger partial charge in [-0.05, 0) is 67.9 Å². The van der Waals surface area contributed by atoms with E-state index in [2.05, 4.69) is 64.5 Å². The van der Waals surface area contributed by atoms with E-state index in [1.165, 1.54) is 35.9 Å². The standard InChI is InChI=1S/C27H31N3O3S2/c31-26(21-6-7-21)28-27-30(24-17-35(32,33)18-25(24)34-27)23-10-8-22(9-11-23)29-14-12-20(13-15-29)16-19-4-2-1-3-5-19/h1-5,8-11,20-21,24-25H,6-7,12-18H2/t24-,25+/m0/s1. The highest BCUT2D eigenvalue weighted by atomic mass is 32.2. The molecule has 0 radical (unpaired) electrons. The molecule has 35 heavy (non-hydrogen) atoms. The summed E-state index contributed by atoms with van der Waals surface area (Å²) in [4.78, 5) is 21.3. The Balaban J connectivity index is 1.16. The number of hydrogen-bond acceptors (Lipinski definition) is 5. The molecule has 1 aliphatic carbocycles. The molecule has 6 rings (SSSR count). The number of aliphatic imine (C=N–C) groups is 1. The highest BCUT2D eigenvalue weighted by Crippen LogP contribution is 2.42. The summed E-state index contributed by atoms with van der Waals surface area (Å²) in [6.45, 7) is 2.09. The predicted octanol–water partition coefficient (Wildman–Crippen LogP) is 4.16. The summed E-state index contributed by atoms with van der Waals surface area (Å²) in [6, 6.07) is 19.0. The molecule has 0 unspecified atom stereocenters. The van der Waals surface area contributed by atoms with E-state index in [0.29, 0.717) is 5.17 Å². The van der Waals surface area contributed by atoms with Gasteiger partial charge in [-0.25, -0.2) is 8.42 Å². The van der Waals surface area contributed by atoms with E-state index in [0.717, 1.165) is 44.0 Å². The van der Waals surface area contributed by atoms with Crippen LogP contribution in [0.4, 0.5) is 11.4 Å². The van der Waals surface area contributed by atoms with E-state index in [1.54, 1.807) is 0 Å². The lowest BCUT2D eigenvalue weighted by Gasteiger charge is -2.34. The number of piperidine rings is 1. The zero-order chi connectivity index (χ0) is 24.0. The Hall–Kier alpha value is -2.32. The monoisotopic (exact) mass is 509 g/mol. The van der Waals surface area contributed by atoms with Crippen molar-refractivity contribution in [3.63, 3.8) is 0 Å². The van der Waals surface area contributed by atoms with Crippen LogP contribution in [0.25, 0.3) is 0 Å². The first-order chi connectivity index (χ1) is 16.9. The van der Waals surface area contributed by atoms with E-state index in [4.69, 9.17) is 0 Å². The van der Waals surface area contributed by atoms with Crippen molar-refractivity contribution in [1.82, 2.24) is 0 Å². The van der Waals surface area contributed by atoms with Crippen LogP contribution < -0.4 is 9.80 Å². The van der Waals surface area contributed by atoms with Crippen LogP contribution in [0.5, 0.6) is 0 Å². The van der Waals surface area contributed by atoms with Gasteiger partial charge in [-0.1, -0.05) is 42.1 Å². The number of carbonyl (C=O) groups is 1. The fourth-order valence-corrected chi connectivity index (χ4v) is 9.47. The second-order valence-corrected chi connectivity index (χ2v) is 13.7. The maximum Gasteiger partial charge on any atom is 0.251 e. The first kappa shape index (κ1) is 23.1. The molecule has 3 saturated heterocycles. The van der Waals surface area contributed by atoms with Gasteiger partial charge in [0.2, 0.25) is 0 Å². The molecule has 0 bridgehead atoms. The Labute approximate surface area is 211 Å². The predicted molar refractivity (Wildman–Crippen MR) is 143 cm³/mol. The Morgan fingerprint density at radius 3 is 2.29 bits per heavy atom. The molecule has 3 aliphatic heterocycles. The summed E-state index contributed by atoms with van der Waals surface area (Å²) in [7, 11) is -3.07. The Kier molecular flexibility index (Phi) is 6.13. The molecule has 6 nitrogen and oxygen atoms in total. The largest absolute Gasteiger partial charge is 0.372 e. The van der Waals surface area contributed by atoms with Crippen LogP contribution in [-0.4, -0.2) is 55.4 Å². The number of amides is 1. The van der Waals surface area contributed by atoms with Gasteiger partial charge in [0, 0.05) is 35.6 Å². The van der Waals surface area contributed by atoms with Crippen molar-refractivity contribution in [1.29, 1.82) is 0 Å². The molecule has 2 atom stereocenters. The van der Waals surface area contributed by atoms with Crippen LogP contribution >= 0.6 is 11.8 Å². The lowest BCUT2D eigenvalue weighted by Crippen LogP contribution is -2.38. The third-order valence-electron chi connectivity index (χ3n) is 7.67. The minimum Gasteiger partial charge on any atom is -0.372 e. The minimum absolute atomic E-state index is 0.0568. The summed E-state index contributed by atoms with van der Waals surface area (Å²) in [5.74, 6) is 0.999. The van der Waals surface area contributed by atoms with Crippen molar-refractivity contribution in [2.75, 3.05) is 34.4 Å². The van der Waals surface area contributed by atoms with Crippen LogP contribution in [0.2, 0.25) is 0 Å². The SMILES string of the molecule is O=C(N=C1S[C@@H]2CS(=O)(=O)C[C@@H]2N1c1ccc(N2CCC(Cc3ccccc3)CC2)cc1)C1CC1. The molecule has 184 valence electrons. The van der Waals surface area contributed by atoms with Gasteiger partial charge in [0.15, 0.2) is 15.0 Å². The van der Waals surface area contributed by atoms with Crippen LogP contribution in [0.1, 0.15) is 31.2 Å². The molecule has 1 amide bonds. The van der Waals surface area contributed by atoms with Gasteiger partial charge in [0.1, 0.15) is 0 Å². The molecule has 4 fully saturated rings. The maximum absolute atomic E-state index is 12.4.